The van der Waals surface area contributed by atoms with E-state index >= 15 is 0 Å². The molecule has 0 fully saturated rings. The van der Waals surface area contributed by atoms with Gasteiger partial charge in [0.05, 0.1) is 4.90 Å². The summed E-state index contributed by atoms with van der Waals surface area (Å²) in [5.74, 6) is -0.659. The lowest BCUT2D eigenvalue weighted by Crippen LogP contribution is -2.30. The van der Waals surface area contributed by atoms with Crippen molar-refractivity contribution in [2.24, 2.45) is 0 Å². The highest BCUT2D eigenvalue weighted by Crippen LogP contribution is 2.08. The van der Waals surface area contributed by atoms with Crippen molar-refractivity contribution in [3.05, 3.63) is 66.2 Å². The number of carbonyl (C=O) groups excluding carboxylic acids is 1. The SMILES string of the molecule is O=C(NS(=O)(=O)c1ccccc1)c1cc[c]cc1. The molecule has 1 radical (unpaired) electrons. The molecule has 1 amide bonds. The summed E-state index contributed by atoms with van der Waals surface area (Å²) in [5, 5.41) is 0. The summed E-state index contributed by atoms with van der Waals surface area (Å²) in [6.45, 7) is 0. The normalized spacial score (nSPS) is 10.9. The second-order valence-electron chi connectivity index (χ2n) is 3.54. The molecule has 18 heavy (non-hydrogen) atoms. The van der Waals surface area contributed by atoms with Gasteiger partial charge in [-0.2, -0.15) is 0 Å². The van der Waals surface area contributed by atoms with Crippen molar-refractivity contribution in [1.29, 1.82) is 0 Å². The van der Waals surface area contributed by atoms with Crippen LogP contribution in [0.1, 0.15) is 10.4 Å². The number of nitrogens with one attached hydrogen (secondary N) is 1. The fourth-order valence-corrected chi connectivity index (χ4v) is 2.37. The van der Waals surface area contributed by atoms with Crippen LogP contribution in [0, 0.1) is 6.07 Å². The van der Waals surface area contributed by atoms with Crippen LogP contribution in [0.4, 0.5) is 0 Å². The molecular formula is C13H10NO3S. The van der Waals surface area contributed by atoms with Crippen LogP contribution in [0.25, 0.3) is 0 Å². The molecule has 5 heteroatoms. The van der Waals surface area contributed by atoms with E-state index in [0.29, 0.717) is 0 Å². The Morgan fingerprint density at radius 2 is 1.61 bits per heavy atom. The monoisotopic (exact) mass is 260 g/mol. The van der Waals surface area contributed by atoms with E-state index < -0.39 is 15.9 Å². The molecule has 91 valence electrons. The van der Waals surface area contributed by atoms with Crippen molar-refractivity contribution in [1.82, 2.24) is 4.72 Å². The lowest BCUT2D eigenvalue weighted by Gasteiger charge is -2.06. The summed E-state index contributed by atoms with van der Waals surface area (Å²) < 4.78 is 25.8. The average Bonchev–Trinajstić information content (AvgIpc) is 2.40. The molecule has 0 bridgehead atoms. The Bertz CT molecular complexity index is 636. The Morgan fingerprint density at radius 3 is 2.22 bits per heavy atom. The smallest absolute Gasteiger partial charge is 0.264 e. The minimum atomic E-state index is -3.82. The maximum Gasteiger partial charge on any atom is 0.264 e. The fourth-order valence-electron chi connectivity index (χ4n) is 1.38. The van der Waals surface area contributed by atoms with Gasteiger partial charge in [-0.3, -0.25) is 4.79 Å². The molecule has 0 aliphatic carbocycles. The van der Waals surface area contributed by atoms with Gasteiger partial charge < -0.3 is 0 Å². The zero-order chi connectivity index (χ0) is 13.0. The lowest BCUT2D eigenvalue weighted by molar-refractivity contribution is 0.0981. The fraction of sp³-hybridized carbons (Fsp3) is 0. The molecule has 1 N–H and O–H groups in total. The topological polar surface area (TPSA) is 63.2 Å². The van der Waals surface area contributed by atoms with Crippen LogP contribution in [-0.4, -0.2) is 14.3 Å². The predicted octanol–water partition coefficient (Wildman–Crippen LogP) is 1.61. The standard InChI is InChI=1S/C13H10NO3S/c15-13(11-7-3-1-4-8-11)14-18(16,17)12-9-5-2-6-10-12/h2-10H,(H,14,15). The van der Waals surface area contributed by atoms with Gasteiger partial charge >= 0.3 is 0 Å². The van der Waals surface area contributed by atoms with E-state index in [4.69, 9.17) is 0 Å². The van der Waals surface area contributed by atoms with E-state index in [1.807, 2.05) is 4.72 Å². The number of hydrogen-bond acceptors (Lipinski definition) is 3. The summed E-state index contributed by atoms with van der Waals surface area (Å²) in [6.07, 6.45) is 0. The van der Waals surface area contributed by atoms with Gasteiger partial charge in [0, 0.05) is 5.56 Å². The molecule has 0 spiro atoms. The number of hydrogen-bond donors (Lipinski definition) is 1. The van der Waals surface area contributed by atoms with Crippen molar-refractivity contribution in [3.63, 3.8) is 0 Å². The van der Waals surface area contributed by atoms with Gasteiger partial charge in [-0.25, -0.2) is 13.1 Å². The Kier molecular flexibility index (Phi) is 3.43. The summed E-state index contributed by atoms with van der Waals surface area (Å²) in [7, 11) is -3.82. The molecule has 2 rings (SSSR count). The average molecular weight is 260 g/mol. The number of carbonyl (C=O) groups is 1. The Balaban J connectivity index is 2.23. The highest BCUT2D eigenvalue weighted by Gasteiger charge is 2.17. The molecule has 2 aromatic carbocycles. The van der Waals surface area contributed by atoms with Crippen molar-refractivity contribution < 1.29 is 13.2 Å². The molecule has 2 aromatic rings. The van der Waals surface area contributed by atoms with Crippen molar-refractivity contribution in [3.8, 4) is 0 Å². The molecule has 0 unspecified atom stereocenters. The number of benzene rings is 2. The first-order chi connectivity index (χ1) is 8.59. The van der Waals surface area contributed by atoms with E-state index in [-0.39, 0.29) is 10.5 Å². The maximum atomic E-state index is 11.9. The zero-order valence-corrected chi connectivity index (χ0v) is 10.1. The molecular weight excluding hydrogens is 250 g/mol. The molecule has 0 aliphatic heterocycles. The zero-order valence-electron chi connectivity index (χ0n) is 9.33. The predicted molar refractivity (Wildman–Crippen MR) is 66.4 cm³/mol. The summed E-state index contributed by atoms with van der Waals surface area (Å²) in [5.41, 5.74) is 0.272. The second kappa shape index (κ2) is 5.01. The Morgan fingerprint density at radius 1 is 1.00 bits per heavy atom. The van der Waals surface area contributed by atoms with E-state index in [1.54, 1.807) is 30.3 Å². The summed E-state index contributed by atoms with van der Waals surface area (Å²) in [4.78, 5) is 11.8. The van der Waals surface area contributed by atoms with Gasteiger partial charge in [0.15, 0.2) is 0 Å². The number of sulfonamides is 1. The first-order valence-electron chi connectivity index (χ1n) is 5.18. The molecule has 0 heterocycles. The van der Waals surface area contributed by atoms with Crippen LogP contribution < -0.4 is 4.72 Å². The van der Waals surface area contributed by atoms with E-state index in [2.05, 4.69) is 6.07 Å². The third-order valence-electron chi connectivity index (χ3n) is 2.26. The number of amides is 1. The Labute approximate surface area is 105 Å². The van der Waals surface area contributed by atoms with E-state index in [9.17, 15) is 13.2 Å². The first kappa shape index (κ1) is 12.3. The van der Waals surface area contributed by atoms with Crippen LogP contribution in [0.2, 0.25) is 0 Å². The molecule has 0 saturated heterocycles. The van der Waals surface area contributed by atoms with Gasteiger partial charge in [-0.1, -0.05) is 30.3 Å². The molecule has 0 saturated carbocycles. The third kappa shape index (κ3) is 2.75. The highest BCUT2D eigenvalue weighted by atomic mass is 32.2. The van der Waals surface area contributed by atoms with Gasteiger partial charge in [0.2, 0.25) is 0 Å². The van der Waals surface area contributed by atoms with Crippen molar-refractivity contribution in [2.75, 3.05) is 0 Å². The summed E-state index contributed by atoms with van der Waals surface area (Å²) >= 11 is 0. The van der Waals surface area contributed by atoms with Gasteiger partial charge in [0.1, 0.15) is 0 Å². The van der Waals surface area contributed by atoms with Crippen LogP contribution in [0.5, 0.6) is 0 Å². The first-order valence-corrected chi connectivity index (χ1v) is 6.66. The van der Waals surface area contributed by atoms with Crippen molar-refractivity contribution in [2.45, 2.75) is 4.90 Å². The maximum absolute atomic E-state index is 11.9. The molecule has 0 atom stereocenters. The van der Waals surface area contributed by atoms with Gasteiger partial charge in [-0.05, 0) is 30.3 Å². The van der Waals surface area contributed by atoms with E-state index in [1.165, 1.54) is 24.3 Å². The molecule has 0 aliphatic rings. The second-order valence-corrected chi connectivity index (χ2v) is 5.22. The van der Waals surface area contributed by atoms with Gasteiger partial charge in [-0.15, -0.1) is 0 Å². The quantitative estimate of drug-likeness (QED) is 0.911. The lowest BCUT2D eigenvalue weighted by atomic mass is 10.2. The number of rotatable bonds is 3. The third-order valence-corrected chi connectivity index (χ3v) is 3.61. The van der Waals surface area contributed by atoms with Crippen molar-refractivity contribution >= 4 is 15.9 Å². The van der Waals surface area contributed by atoms with Crippen LogP contribution in [0.15, 0.2) is 59.5 Å². The van der Waals surface area contributed by atoms with Crippen LogP contribution in [-0.2, 0) is 10.0 Å². The van der Waals surface area contributed by atoms with E-state index in [0.717, 1.165) is 0 Å². The van der Waals surface area contributed by atoms with Crippen LogP contribution >= 0.6 is 0 Å². The largest absolute Gasteiger partial charge is 0.268 e. The summed E-state index contributed by atoms with van der Waals surface area (Å²) in [6, 6.07) is 16.6. The van der Waals surface area contributed by atoms with Crippen LogP contribution in [0.3, 0.4) is 0 Å². The minimum absolute atomic E-state index is 0.0563. The Hall–Kier alpha value is -2.14. The minimum Gasteiger partial charge on any atom is -0.268 e. The molecule has 4 nitrogen and oxygen atoms in total. The molecule has 0 aromatic heterocycles. The highest BCUT2D eigenvalue weighted by molar-refractivity contribution is 7.90. The van der Waals surface area contributed by atoms with Gasteiger partial charge in [0.25, 0.3) is 15.9 Å².